The highest BCUT2D eigenvalue weighted by Gasteiger charge is 2.13. The number of nitrogens with one attached hydrogen (secondary N) is 1. The average molecular weight is 188 g/mol. The molecule has 1 unspecified atom stereocenters. The Bertz CT molecular complexity index is 368. The number of nitrogens with two attached hydrogens (primary N) is 1. The Kier molecular flexibility index (Phi) is 2.55. The highest BCUT2D eigenvalue weighted by Crippen LogP contribution is 2.18. The van der Waals surface area contributed by atoms with Crippen LogP contribution in [0.2, 0.25) is 0 Å². The van der Waals surface area contributed by atoms with Crippen molar-refractivity contribution >= 4 is 0 Å². The van der Waals surface area contributed by atoms with Crippen LogP contribution < -0.4 is 5.73 Å². The first kappa shape index (κ1) is 8.90. The SMILES string of the molecule is NCC(c1cnccn1)c1ccc[nH]1. The minimum absolute atomic E-state index is 0.110. The highest BCUT2D eigenvalue weighted by atomic mass is 14.8. The van der Waals surface area contributed by atoms with E-state index in [1.54, 1.807) is 18.6 Å². The molecule has 0 amide bonds. The van der Waals surface area contributed by atoms with Gasteiger partial charge >= 0.3 is 0 Å². The van der Waals surface area contributed by atoms with Crippen LogP contribution in [0.3, 0.4) is 0 Å². The lowest BCUT2D eigenvalue weighted by Crippen LogP contribution is -2.15. The number of nitrogens with zero attached hydrogens (tertiary/aromatic N) is 2. The van der Waals surface area contributed by atoms with Crippen LogP contribution in [0.15, 0.2) is 36.9 Å². The van der Waals surface area contributed by atoms with Gasteiger partial charge in [0.25, 0.3) is 0 Å². The van der Waals surface area contributed by atoms with Crippen molar-refractivity contribution < 1.29 is 0 Å². The first-order chi connectivity index (χ1) is 6.92. The minimum Gasteiger partial charge on any atom is -0.364 e. The lowest BCUT2D eigenvalue weighted by Gasteiger charge is -2.11. The summed E-state index contributed by atoms with van der Waals surface area (Å²) in [7, 11) is 0. The molecule has 3 N–H and O–H groups in total. The molecule has 2 aromatic heterocycles. The van der Waals surface area contributed by atoms with Gasteiger partial charge in [-0.05, 0) is 12.1 Å². The van der Waals surface area contributed by atoms with Crippen LogP contribution in [0.25, 0.3) is 0 Å². The predicted molar refractivity (Wildman–Crippen MR) is 53.7 cm³/mol. The molecule has 0 radical (unpaired) electrons. The van der Waals surface area contributed by atoms with Crippen LogP contribution in [0.4, 0.5) is 0 Å². The van der Waals surface area contributed by atoms with Gasteiger partial charge in [0.15, 0.2) is 0 Å². The number of hydrogen-bond donors (Lipinski definition) is 2. The molecule has 0 fully saturated rings. The first-order valence-corrected chi connectivity index (χ1v) is 4.51. The van der Waals surface area contributed by atoms with Gasteiger partial charge in [0.1, 0.15) is 0 Å². The number of hydrogen-bond acceptors (Lipinski definition) is 3. The maximum absolute atomic E-state index is 5.71. The topological polar surface area (TPSA) is 67.6 Å². The summed E-state index contributed by atoms with van der Waals surface area (Å²) in [6, 6.07) is 3.96. The van der Waals surface area contributed by atoms with Gasteiger partial charge in [-0.2, -0.15) is 0 Å². The molecule has 72 valence electrons. The van der Waals surface area contributed by atoms with Crippen LogP contribution >= 0.6 is 0 Å². The van der Waals surface area contributed by atoms with Crippen molar-refractivity contribution in [1.29, 1.82) is 0 Å². The molecule has 0 spiro atoms. The Morgan fingerprint density at radius 2 is 2.36 bits per heavy atom. The van der Waals surface area contributed by atoms with Crippen molar-refractivity contribution in [3.05, 3.63) is 48.3 Å². The van der Waals surface area contributed by atoms with E-state index in [4.69, 9.17) is 5.73 Å². The monoisotopic (exact) mass is 188 g/mol. The second-order valence-corrected chi connectivity index (χ2v) is 3.04. The summed E-state index contributed by atoms with van der Waals surface area (Å²) in [5.74, 6) is 0.110. The summed E-state index contributed by atoms with van der Waals surface area (Å²) >= 11 is 0. The predicted octanol–water partition coefficient (Wildman–Crippen LogP) is 0.895. The third-order valence-electron chi connectivity index (χ3n) is 2.17. The van der Waals surface area contributed by atoms with Crippen LogP contribution in [-0.2, 0) is 0 Å². The van der Waals surface area contributed by atoms with Gasteiger partial charge in [-0.15, -0.1) is 0 Å². The molecule has 0 bridgehead atoms. The molecule has 2 aromatic rings. The summed E-state index contributed by atoms with van der Waals surface area (Å²) < 4.78 is 0. The van der Waals surface area contributed by atoms with E-state index in [1.165, 1.54) is 0 Å². The molecule has 0 aromatic carbocycles. The molecule has 4 heteroatoms. The summed E-state index contributed by atoms with van der Waals surface area (Å²) in [5.41, 5.74) is 7.69. The van der Waals surface area contributed by atoms with Gasteiger partial charge in [0.2, 0.25) is 0 Å². The van der Waals surface area contributed by atoms with E-state index in [2.05, 4.69) is 15.0 Å². The Balaban J connectivity index is 2.31. The van der Waals surface area contributed by atoms with Crippen LogP contribution in [0, 0.1) is 0 Å². The van der Waals surface area contributed by atoms with Gasteiger partial charge in [-0.25, -0.2) is 0 Å². The zero-order valence-electron chi connectivity index (χ0n) is 7.72. The fourth-order valence-electron chi connectivity index (χ4n) is 1.46. The summed E-state index contributed by atoms with van der Waals surface area (Å²) in [4.78, 5) is 11.4. The number of H-pyrrole nitrogens is 1. The fourth-order valence-corrected chi connectivity index (χ4v) is 1.46. The van der Waals surface area contributed by atoms with Gasteiger partial charge in [0.05, 0.1) is 11.6 Å². The zero-order valence-corrected chi connectivity index (χ0v) is 7.72. The van der Waals surface area contributed by atoms with Crippen molar-refractivity contribution in [2.45, 2.75) is 5.92 Å². The molecular formula is C10H12N4. The molecule has 0 aliphatic carbocycles. The van der Waals surface area contributed by atoms with Crippen LogP contribution in [0.1, 0.15) is 17.3 Å². The Morgan fingerprint density at radius 3 is 2.93 bits per heavy atom. The van der Waals surface area contributed by atoms with E-state index in [-0.39, 0.29) is 5.92 Å². The van der Waals surface area contributed by atoms with E-state index in [9.17, 15) is 0 Å². The van der Waals surface area contributed by atoms with Crippen molar-refractivity contribution in [2.24, 2.45) is 5.73 Å². The quantitative estimate of drug-likeness (QED) is 0.751. The van der Waals surface area contributed by atoms with Crippen molar-refractivity contribution in [3.63, 3.8) is 0 Å². The molecular weight excluding hydrogens is 176 g/mol. The zero-order chi connectivity index (χ0) is 9.80. The minimum atomic E-state index is 0.110. The molecule has 2 rings (SSSR count). The van der Waals surface area contributed by atoms with Gasteiger partial charge in [-0.3, -0.25) is 9.97 Å². The lowest BCUT2D eigenvalue weighted by molar-refractivity contribution is 0.759. The smallest absolute Gasteiger partial charge is 0.0689 e. The average Bonchev–Trinajstić information content (AvgIpc) is 2.74. The van der Waals surface area contributed by atoms with Crippen molar-refractivity contribution in [3.8, 4) is 0 Å². The summed E-state index contributed by atoms with van der Waals surface area (Å²) in [6.45, 7) is 0.527. The Hall–Kier alpha value is -1.68. The molecule has 0 saturated heterocycles. The molecule has 2 heterocycles. The summed E-state index contributed by atoms with van der Waals surface area (Å²) in [6.07, 6.45) is 6.97. The lowest BCUT2D eigenvalue weighted by atomic mass is 10.0. The first-order valence-electron chi connectivity index (χ1n) is 4.51. The Labute approximate surface area is 82.2 Å². The standard InChI is InChI=1S/C10H12N4/c11-6-8(9-2-1-3-13-9)10-7-12-4-5-14-10/h1-5,7-8,13H,6,11H2. The van der Waals surface area contributed by atoms with Gasteiger partial charge < -0.3 is 10.7 Å². The number of aromatic nitrogens is 3. The third kappa shape index (κ3) is 1.65. The van der Waals surface area contributed by atoms with E-state index in [1.807, 2.05) is 18.3 Å². The molecule has 0 saturated carbocycles. The molecule has 4 nitrogen and oxygen atoms in total. The van der Waals surface area contributed by atoms with E-state index >= 15 is 0 Å². The second-order valence-electron chi connectivity index (χ2n) is 3.04. The van der Waals surface area contributed by atoms with Crippen molar-refractivity contribution in [2.75, 3.05) is 6.54 Å². The molecule has 0 aliphatic heterocycles. The fraction of sp³-hybridized carbons (Fsp3) is 0.200. The second kappa shape index (κ2) is 4.02. The Morgan fingerprint density at radius 1 is 1.43 bits per heavy atom. The van der Waals surface area contributed by atoms with Crippen molar-refractivity contribution in [1.82, 2.24) is 15.0 Å². The molecule has 0 aliphatic rings. The third-order valence-corrected chi connectivity index (χ3v) is 2.17. The van der Waals surface area contributed by atoms with E-state index in [0.29, 0.717) is 6.54 Å². The highest BCUT2D eigenvalue weighted by molar-refractivity contribution is 5.21. The number of aromatic amines is 1. The summed E-state index contributed by atoms with van der Waals surface area (Å²) in [5, 5.41) is 0. The molecule has 14 heavy (non-hydrogen) atoms. The van der Waals surface area contributed by atoms with Crippen LogP contribution in [0.5, 0.6) is 0 Å². The normalized spacial score (nSPS) is 12.6. The van der Waals surface area contributed by atoms with Gasteiger partial charge in [0, 0.05) is 37.0 Å². The molecule has 1 atom stereocenters. The maximum atomic E-state index is 5.71. The van der Waals surface area contributed by atoms with Gasteiger partial charge in [-0.1, -0.05) is 0 Å². The number of rotatable bonds is 3. The van der Waals surface area contributed by atoms with E-state index < -0.39 is 0 Å². The maximum Gasteiger partial charge on any atom is 0.0689 e. The largest absolute Gasteiger partial charge is 0.364 e. The van der Waals surface area contributed by atoms with E-state index in [0.717, 1.165) is 11.4 Å². The van der Waals surface area contributed by atoms with Crippen LogP contribution in [-0.4, -0.2) is 21.5 Å².